The smallest absolute Gasteiger partial charge is 0.224 e. The van der Waals surface area contributed by atoms with Gasteiger partial charge in [-0.2, -0.15) is 11.8 Å². The second-order valence-electron chi connectivity index (χ2n) is 6.73. The van der Waals surface area contributed by atoms with E-state index in [1.807, 2.05) is 30.0 Å². The average molecular weight is 377 g/mol. The van der Waals surface area contributed by atoms with E-state index in [0.29, 0.717) is 25.6 Å². The third-order valence-corrected chi connectivity index (χ3v) is 6.01. The molecule has 26 heavy (non-hydrogen) atoms. The maximum atomic E-state index is 11.4. The topological polar surface area (TPSA) is 74.8 Å². The highest BCUT2D eigenvalue weighted by molar-refractivity contribution is 7.99. The summed E-state index contributed by atoms with van der Waals surface area (Å²) < 4.78 is 5.84. The molecule has 1 aromatic carbocycles. The Labute approximate surface area is 159 Å². The van der Waals surface area contributed by atoms with Crippen molar-refractivity contribution in [3.63, 3.8) is 0 Å². The van der Waals surface area contributed by atoms with E-state index in [1.54, 1.807) is 7.05 Å². The van der Waals surface area contributed by atoms with Gasteiger partial charge >= 0.3 is 0 Å². The fourth-order valence-corrected chi connectivity index (χ4v) is 4.26. The molecule has 0 aromatic heterocycles. The third-order valence-electron chi connectivity index (χ3n) is 4.92. The molecule has 1 amide bonds. The highest BCUT2D eigenvalue weighted by Crippen LogP contribution is 2.28. The quantitative estimate of drug-likeness (QED) is 0.404. The standard InChI is InChI=1S/C19H28N4O2S/c1-20-19(22-14-4-6-16(12-14)26-2)21-9-10-25-15-5-7-17-13(11-15)3-8-18(24)23-17/h5,7,11,14,16H,3-4,6,8-10,12H2,1-2H3,(H,23,24)(H2,20,21,22). The number of amides is 1. The number of hydrogen-bond acceptors (Lipinski definition) is 4. The summed E-state index contributed by atoms with van der Waals surface area (Å²) in [5.41, 5.74) is 2.04. The zero-order valence-electron chi connectivity index (χ0n) is 15.5. The molecule has 1 fully saturated rings. The van der Waals surface area contributed by atoms with Gasteiger partial charge in [0.1, 0.15) is 12.4 Å². The third kappa shape index (κ3) is 5.06. The normalized spacial score (nSPS) is 22.5. The van der Waals surface area contributed by atoms with Gasteiger partial charge in [0.05, 0.1) is 6.54 Å². The Bertz CT molecular complexity index is 665. The number of ether oxygens (including phenoxy) is 1. The summed E-state index contributed by atoms with van der Waals surface area (Å²) in [7, 11) is 1.80. The molecule has 142 valence electrons. The van der Waals surface area contributed by atoms with Gasteiger partial charge in [-0.15, -0.1) is 0 Å². The van der Waals surface area contributed by atoms with Gasteiger partial charge in [0.2, 0.25) is 5.91 Å². The fraction of sp³-hybridized carbons (Fsp3) is 0.579. The van der Waals surface area contributed by atoms with Crippen LogP contribution in [-0.2, 0) is 11.2 Å². The lowest BCUT2D eigenvalue weighted by Gasteiger charge is -2.19. The number of hydrogen-bond donors (Lipinski definition) is 3. The number of benzene rings is 1. The van der Waals surface area contributed by atoms with Crippen LogP contribution < -0.4 is 20.7 Å². The molecule has 1 aliphatic heterocycles. The van der Waals surface area contributed by atoms with E-state index in [1.165, 1.54) is 19.3 Å². The number of anilines is 1. The number of carbonyl (C=O) groups is 1. The maximum absolute atomic E-state index is 11.4. The molecule has 3 rings (SSSR count). The number of nitrogens with one attached hydrogen (secondary N) is 3. The number of aryl methyl sites for hydroxylation is 1. The molecule has 0 spiro atoms. The lowest BCUT2D eigenvalue weighted by Crippen LogP contribution is -2.43. The first-order valence-electron chi connectivity index (χ1n) is 9.23. The molecule has 1 heterocycles. The average Bonchev–Trinajstić information content (AvgIpc) is 3.11. The van der Waals surface area contributed by atoms with Crippen molar-refractivity contribution < 1.29 is 9.53 Å². The van der Waals surface area contributed by atoms with Crippen LogP contribution in [0.2, 0.25) is 0 Å². The summed E-state index contributed by atoms with van der Waals surface area (Å²) in [5, 5.41) is 10.5. The van der Waals surface area contributed by atoms with Crippen molar-refractivity contribution in [3.8, 4) is 5.75 Å². The first-order chi connectivity index (χ1) is 12.7. The van der Waals surface area contributed by atoms with Crippen LogP contribution in [0.25, 0.3) is 0 Å². The Hall–Kier alpha value is -1.89. The van der Waals surface area contributed by atoms with Crippen molar-refractivity contribution in [2.24, 2.45) is 4.99 Å². The van der Waals surface area contributed by atoms with E-state index in [-0.39, 0.29) is 5.91 Å². The molecular weight excluding hydrogens is 348 g/mol. The number of rotatable bonds is 6. The van der Waals surface area contributed by atoms with Crippen molar-refractivity contribution in [3.05, 3.63) is 23.8 Å². The van der Waals surface area contributed by atoms with E-state index in [2.05, 4.69) is 27.2 Å². The molecule has 6 nitrogen and oxygen atoms in total. The first-order valence-corrected chi connectivity index (χ1v) is 10.5. The Kier molecular flexibility index (Phi) is 6.66. The van der Waals surface area contributed by atoms with Crippen LogP contribution in [0.5, 0.6) is 5.75 Å². The molecule has 3 N–H and O–H groups in total. The maximum Gasteiger partial charge on any atom is 0.224 e. The Balaban J connectivity index is 1.40. The zero-order chi connectivity index (χ0) is 18.4. The zero-order valence-corrected chi connectivity index (χ0v) is 16.3. The first kappa shape index (κ1) is 18.9. The predicted molar refractivity (Wildman–Crippen MR) is 108 cm³/mol. The van der Waals surface area contributed by atoms with Gasteiger partial charge in [-0.1, -0.05) is 0 Å². The fourth-order valence-electron chi connectivity index (χ4n) is 3.46. The van der Waals surface area contributed by atoms with E-state index >= 15 is 0 Å². The van der Waals surface area contributed by atoms with Crippen LogP contribution in [0.1, 0.15) is 31.2 Å². The van der Waals surface area contributed by atoms with E-state index in [4.69, 9.17) is 4.74 Å². The van der Waals surface area contributed by atoms with Crippen molar-refractivity contribution in [2.45, 2.75) is 43.4 Å². The lowest BCUT2D eigenvalue weighted by atomic mass is 10.0. The number of carbonyl (C=O) groups excluding carboxylic acids is 1. The summed E-state index contributed by atoms with van der Waals surface area (Å²) in [4.78, 5) is 15.7. The molecule has 1 aromatic rings. The summed E-state index contributed by atoms with van der Waals surface area (Å²) in [6.45, 7) is 1.25. The van der Waals surface area contributed by atoms with Gasteiger partial charge in [-0.05, 0) is 55.7 Å². The van der Waals surface area contributed by atoms with Crippen molar-refractivity contribution in [1.29, 1.82) is 0 Å². The molecule has 2 atom stereocenters. The number of guanidine groups is 1. The van der Waals surface area contributed by atoms with Crippen LogP contribution in [0.15, 0.2) is 23.2 Å². The summed E-state index contributed by atoms with van der Waals surface area (Å²) >= 11 is 1.96. The number of fused-ring (bicyclic) bond motifs is 1. The summed E-state index contributed by atoms with van der Waals surface area (Å²) in [5.74, 6) is 1.76. The SMILES string of the molecule is CN=C(NCCOc1ccc2c(c1)CCC(=O)N2)NC1CCC(SC)C1. The number of aliphatic imine (C=N–C) groups is 1. The highest BCUT2D eigenvalue weighted by Gasteiger charge is 2.24. The van der Waals surface area contributed by atoms with Crippen LogP contribution >= 0.6 is 11.8 Å². The molecule has 2 aliphatic rings. The Morgan fingerprint density at radius 3 is 3.04 bits per heavy atom. The molecule has 2 unspecified atom stereocenters. The molecular formula is C19H28N4O2S. The van der Waals surface area contributed by atoms with Gasteiger partial charge in [0.15, 0.2) is 5.96 Å². The predicted octanol–water partition coefficient (Wildman–Crippen LogP) is 2.40. The molecule has 0 radical (unpaired) electrons. The minimum absolute atomic E-state index is 0.0837. The number of nitrogens with zero attached hydrogens (tertiary/aromatic N) is 1. The largest absolute Gasteiger partial charge is 0.492 e. The van der Waals surface area contributed by atoms with Crippen molar-refractivity contribution in [1.82, 2.24) is 10.6 Å². The Morgan fingerprint density at radius 1 is 1.38 bits per heavy atom. The van der Waals surface area contributed by atoms with Crippen LogP contribution in [0.3, 0.4) is 0 Å². The Morgan fingerprint density at radius 2 is 2.27 bits per heavy atom. The molecule has 1 aliphatic carbocycles. The van der Waals surface area contributed by atoms with Gasteiger partial charge < -0.3 is 20.7 Å². The van der Waals surface area contributed by atoms with Gasteiger partial charge in [-0.25, -0.2) is 0 Å². The second-order valence-corrected chi connectivity index (χ2v) is 7.86. The minimum atomic E-state index is 0.0837. The van der Waals surface area contributed by atoms with Gasteiger partial charge in [0.25, 0.3) is 0 Å². The van der Waals surface area contributed by atoms with Crippen LogP contribution in [-0.4, -0.2) is 49.6 Å². The van der Waals surface area contributed by atoms with Gasteiger partial charge in [-0.3, -0.25) is 9.79 Å². The van der Waals surface area contributed by atoms with Crippen LogP contribution in [0, 0.1) is 0 Å². The highest BCUT2D eigenvalue weighted by atomic mass is 32.2. The van der Waals surface area contributed by atoms with Crippen molar-refractivity contribution >= 4 is 29.3 Å². The molecule has 7 heteroatoms. The van der Waals surface area contributed by atoms with E-state index in [9.17, 15) is 4.79 Å². The summed E-state index contributed by atoms with van der Waals surface area (Å²) in [6, 6.07) is 6.34. The van der Waals surface area contributed by atoms with Crippen molar-refractivity contribution in [2.75, 3.05) is 31.8 Å². The molecule has 0 bridgehead atoms. The molecule has 1 saturated carbocycles. The number of thioether (sulfide) groups is 1. The van der Waals surface area contributed by atoms with E-state index < -0.39 is 0 Å². The van der Waals surface area contributed by atoms with Crippen LogP contribution in [0.4, 0.5) is 5.69 Å². The minimum Gasteiger partial charge on any atom is -0.492 e. The lowest BCUT2D eigenvalue weighted by molar-refractivity contribution is -0.116. The van der Waals surface area contributed by atoms with E-state index in [0.717, 1.165) is 34.6 Å². The second kappa shape index (κ2) is 9.16. The monoisotopic (exact) mass is 376 g/mol. The molecule has 0 saturated heterocycles. The summed E-state index contributed by atoms with van der Waals surface area (Å²) in [6.07, 6.45) is 7.17. The van der Waals surface area contributed by atoms with Gasteiger partial charge in [0, 0.05) is 30.4 Å².